The fraction of sp³-hybridized carbons (Fsp3) is 0.273. The van der Waals surface area contributed by atoms with Gasteiger partial charge in [0.05, 0.1) is 22.6 Å². The van der Waals surface area contributed by atoms with Crippen LogP contribution >= 0.6 is 23.1 Å². The van der Waals surface area contributed by atoms with Gasteiger partial charge in [0.15, 0.2) is 0 Å². The quantitative estimate of drug-likeness (QED) is 0.651. The van der Waals surface area contributed by atoms with Crippen LogP contribution in [-0.2, 0) is 11.2 Å². The second-order valence-electron chi connectivity index (χ2n) is 6.83. The molecular weight excluding hydrogens is 388 g/mol. The Balaban J connectivity index is 1.36. The van der Waals surface area contributed by atoms with Gasteiger partial charge in [-0.05, 0) is 36.6 Å². The molecule has 144 valence electrons. The third-order valence-corrected chi connectivity index (χ3v) is 6.65. The van der Waals surface area contributed by atoms with Crippen LogP contribution in [0.15, 0.2) is 53.9 Å². The Morgan fingerprint density at radius 2 is 2.11 bits per heavy atom. The summed E-state index contributed by atoms with van der Waals surface area (Å²) in [5.74, 6) is 0.982. The zero-order chi connectivity index (χ0) is 19.5. The van der Waals surface area contributed by atoms with E-state index >= 15 is 0 Å². The van der Waals surface area contributed by atoms with Crippen molar-refractivity contribution in [2.24, 2.45) is 0 Å². The molecule has 0 radical (unpaired) electrons. The highest BCUT2D eigenvalue weighted by Crippen LogP contribution is 2.33. The summed E-state index contributed by atoms with van der Waals surface area (Å²) >= 11 is 3.13. The van der Waals surface area contributed by atoms with Crippen LogP contribution in [0, 0.1) is 6.92 Å². The van der Waals surface area contributed by atoms with Crippen LogP contribution in [0.3, 0.4) is 0 Å². The number of carbonyl (C=O) groups is 1. The lowest BCUT2D eigenvalue weighted by Crippen LogP contribution is -2.30. The molecule has 1 atom stereocenters. The van der Waals surface area contributed by atoms with Gasteiger partial charge in [-0.25, -0.2) is 4.98 Å². The molecule has 1 N–H and O–H groups in total. The number of benzene rings is 2. The number of aromatic nitrogens is 1. The predicted octanol–water partition coefficient (Wildman–Crippen LogP) is 4.47. The molecular formula is C22H22N2O2S2. The topological polar surface area (TPSA) is 53.4 Å². The van der Waals surface area contributed by atoms with Gasteiger partial charge in [-0.3, -0.25) is 4.79 Å². The van der Waals surface area contributed by atoms with Gasteiger partial charge >= 0.3 is 0 Å². The number of rotatable bonds is 6. The average Bonchev–Trinajstić information content (AvgIpc) is 3.34. The summed E-state index contributed by atoms with van der Waals surface area (Å²) < 4.78 is 0. The number of thioether (sulfide) groups is 1. The fourth-order valence-electron chi connectivity index (χ4n) is 3.42. The Labute approximate surface area is 173 Å². The first-order chi connectivity index (χ1) is 13.6. The number of nitrogens with zero attached hydrogens (tertiary/aromatic N) is 2. The van der Waals surface area contributed by atoms with Crippen molar-refractivity contribution in [1.82, 2.24) is 4.98 Å². The third-order valence-electron chi connectivity index (χ3n) is 4.88. The molecule has 1 aromatic heterocycles. The number of hydrogen-bond donors (Lipinski definition) is 1. The molecule has 4 rings (SSSR count). The number of fused-ring (bicyclic) bond motifs is 1. The molecule has 28 heavy (non-hydrogen) atoms. The molecule has 0 spiro atoms. The van der Waals surface area contributed by atoms with Crippen molar-refractivity contribution in [1.29, 1.82) is 0 Å². The van der Waals surface area contributed by atoms with Crippen molar-refractivity contribution >= 4 is 34.7 Å². The highest BCUT2D eigenvalue weighted by atomic mass is 32.2. The molecule has 0 saturated heterocycles. The maximum absolute atomic E-state index is 12.7. The van der Waals surface area contributed by atoms with Crippen LogP contribution in [0.4, 0.5) is 5.69 Å². The van der Waals surface area contributed by atoms with E-state index in [1.54, 1.807) is 11.3 Å². The highest BCUT2D eigenvalue weighted by Gasteiger charge is 2.25. The molecule has 3 aromatic rings. The van der Waals surface area contributed by atoms with Crippen LogP contribution in [0.2, 0.25) is 0 Å². The van der Waals surface area contributed by atoms with Crippen molar-refractivity contribution in [2.45, 2.75) is 19.4 Å². The van der Waals surface area contributed by atoms with Crippen LogP contribution in [0.5, 0.6) is 0 Å². The number of aliphatic hydroxyl groups excluding tert-OH is 1. The van der Waals surface area contributed by atoms with E-state index in [0.29, 0.717) is 11.5 Å². The zero-order valence-electron chi connectivity index (χ0n) is 15.7. The molecule has 4 nitrogen and oxygen atoms in total. The molecule has 0 bridgehead atoms. The van der Waals surface area contributed by atoms with E-state index in [0.717, 1.165) is 40.5 Å². The molecule has 0 fully saturated rings. The lowest BCUT2D eigenvalue weighted by Gasteiger charge is -2.18. The van der Waals surface area contributed by atoms with Gasteiger partial charge in [0.1, 0.15) is 0 Å². The van der Waals surface area contributed by atoms with E-state index in [4.69, 9.17) is 0 Å². The van der Waals surface area contributed by atoms with Crippen LogP contribution in [0.25, 0.3) is 11.3 Å². The lowest BCUT2D eigenvalue weighted by atomic mass is 10.1. The standard InChI is InChI=1S/C22H22N2O2S2/c1-15-23-19(12-28-15)17-7-8-20-18(11-17)9-10-24(20)22(26)14-27-13-21(25)16-5-3-2-4-6-16/h2-8,11-12,21,25H,9-10,13-14H2,1H3. The largest absolute Gasteiger partial charge is 0.388 e. The Bertz CT molecular complexity index is 972. The average molecular weight is 411 g/mol. The minimum atomic E-state index is -0.547. The Morgan fingerprint density at radius 3 is 2.86 bits per heavy atom. The van der Waals surface area contributed by atoms with Gasteiger partial charge in [-0.2, -0.15) is 0 Å². The molecule has 6 heteroatoms. The van der Waals surface area contributed by atoms with E-state index in [9.17, 15) is 9.90 Å². The summed E-state index contributed by atoms with van der Waals surface area (Å²) in [6.07, 6.45) is 0.323. The van der Waals surface area contributed by atoms with Gasteiger partial charge in [0.25, 0.3) is 0 Å². The summed E-state index contributed by atoms with van der Waals surface area (Å²) in [5, 5.41) is 13.4. The smallest absolute Gasteiger partial charge is 0.236 e. The van der Waals surface area contributed by atoms with Gasteiger partial charge in [0, 0.05) is 28.9 Å². The fourth-order valence-corrected chi connectivity index (χ4v) is 4.91. The van der Waals surface area contributed by atoms with Gasteiger partial charge in [0.2, 0.25) is 5.91 Å². The first-order valence-corrected chi connectivity index (χ1v) is 11.3. The van der Waals surface area contributed by atoms with Crippen molar-refractivity contribution in [3.63, 3.8) is 0 Å². The number of anilines is 1. The first kappa shape index (κ1) is 19.2. The molecule has 0 saturated carbocycles. The van der Waals surface area contributed by atoms with Crippen LogP contribution < -0.4 is 4.90 Å². The maximum Gasteiger partial charge on any atom is 0.236 e. The summed E-state index contributed by atoms with van der Waals surface area (Å²) in [4.78, 5) is 19.1. The van der Waals surface area contributed by atoms with Crippen molar-refractivity contribution in [3.05, 3.63) is 70.0 Å². The summed E-state index contributed by atoms with van der Waals surface area (Å²) in [6.45, 7) is 2.73. The van der Waals surface area contributed by atoms with Gasteiger partial charge < -0.3 is 10.0 Å². The van der Waals surface area contributed by atoms with Gasteiger partial charge in [-0.1, -0.05) is 36.4 Å². The summed E-state index contributed by atoms with van der Waals surface area (Å²) in [5.41, 5.74) is 5.20. The molecule has 2 heterocycles. The molecule has 1 aliphatic heterocycles. The van der Waals surface area contributed by atoms with E-state index in [2.05, 4.69) is 16.4 Å². The number of aryl methyl sites for hydroxylation is 1. The molecule has 1 amide bonds. The minimum Gasteiger partial charge on any atom is -0.388 e. The van der Waals surface area contributed by atoms with Crippen LogP contribution in [0.1, 0.15) is 22.2 Å². The maximum atomic E-state index is 12.7. The van der Waals surface area contributed by atoms with E-state index < -0.39 is 6.10 Å². The van der Waals surface area contributed by atoms with Crippen molar-refractivity contribution < 1.29 is 9.90 Å². The molecule has 0 aliphatic carbocycles. The van der Waals surface area contributed by atoms with E-state index in [-0.39, 0.29) is 5.91 Å². The SMILES string of the molecule is Cc1nc(-c2ccc3c(c2)CCN3C(=O)CSCC(O)c2ccccc2)cs1. The second-order valence-corrected chi connectivity index (χ2v) is 8.92. The van der Waals surface area contributed by atoms with Crippen molar-refractivity contribution in [3.8, 4) is 11.3 Å². The van der Waals surface area contributed by atoms with Crippen LogP contribution in [-0.4, -0.2) is 34.0 Å². The third kappa shape index (κ3) is 4.14. The molecule has 2 aromatic carbocycles. The van der Waals surface area contributed by atoms with E-state index in [1.807, 2.05) is 54.3 Å². The Morgan fingerprint density at radius 1 is 1.29 bits per heavy atom. The number of thiazole rings is 1. The van der Waals surface area contributed by atoms with Crippen molar-refractivity contribution in [2.75, 3.05) is 23.0 Å². The Hall–Kier alpha value is -2.15. The molecule has 1 unspecified atom stereocenters. The minimum absolute atomic E-state index is 0.0984. The first-order valence-electron chi connectivity index (χ1n) is 9.28. The summed E-state index contributed by atoms with van der Waals surface area (Å²) in [6, 6.07) is 15.8. The Kier molecular flexibility index (Phi) is 5.80. The zero-order valence-corrected chi connectivity index (χ0v) is 17.3. The number of carbonyl (C=O) groups excluding carboxylic acids is 1. The van der Waals surface area contributed by atoms with Gasteiger partial charge in [-0.15, -0.1) is 23.1 Å². The monoisotopic (exact) mass is 410 g/mol. The molecule has 1 aliphatic rings. The van der Waals surface area contributed by atoms with E-state index in [1.165, 1.54) is 17.3 Å². The predicted molar refractivity (Wildman–Crippen MR) is 117 cm³/mol. The number of hydrogen-bond acceptors (Lipinski definition) is 5. The summed E-state index contributed by atoms with van der Waals surface area (Å²) in [7, 11) is 0. The number of amides is 1. The lowest BCUT2D eigenvalue weighted by molar-refractivity contribution is -0.116. The normalized spacial score (nSPS) is 14.1. The highest BCUT2D eigenvalue weighted by molar-refractivity contribution is 8.00. The second kappa shape index (κ2) is 8.47. The number of aliphatic hydroxyl groups is 1.